The maximum atomic E-state index is 12.9. The highest BCUT2D eigenvalue weighted by Gasteiger charge is 2.46. The Kier molecular flexibility index (Phi) is 8.49. The lowest BCUT2D eigenvalue weighted by molar-refractivity contribution is -0.149. The van der Waals surface area contributed by atoms with Gasteiger partial charge in [0.25, 0.3) is 0 Å². The van der Waals surface area contributed by atoms with E-state index in [9.17, 15) is 9.59 Å². The number of carbonyl (C=O) groups is 2. The number of carbonyl (C=O) groups excluding carboxylic acids is 2. The second kappa shape index (κ2) is 10.6. The summed E-state index contributed by atoms with van der Waals surface area (Å²) in [6.45, 7) is 4.97. The lowest BCUT2D eigenvalue weighted by Gasteiger charge is -2.40. The Morgan fingerprint density at radius 3 is 2.69 bits per heavy atom. The zero-order chi connectivity index (χ0) is 21.4. The Balaban J connectivity index is 2.55. The molecule has 1 aliphatic heterocycles. The molecule has 0 amide bonds. The molecule has 1 aromatic rings. The minimum Gasteiger partial charge on any atom is -0.467 e. The van der Waals surface area contributed by atoms with Gasteiger partial charge >= 0.3 is 11.9 Å². The zero-order valence-electron chi connectivity index (χ0n) is 17.3. The number of esters is 2. The van der Waals surface area contributed by atoms with E-state index in [0.717, 1.165) is 5.56 Å². The summed E-state index contributed by atoms with van der Waals surface area (Å²) in [5.74, 6) is -1.33. The average molecular weight is 425 g/mol. The predicted molar refractivity (Wildman–Crippen MR) is 111 cm³/mol. The van der Waals surface area contributed by atoms with Crippen molar-refractivity contribution in [1.82, 2.24) is 10.6 Å². The number of methoxy groups -OCH3 is 1. The molecular weight excluding hydrogens is 396 g/mol. The normalized spacial score (nSPS) is 21.5. The molecule has 0 radical (unpaired) electrons. The first kappa shape index (κ1) is 23.2. The average Bonchev–Trinajstić information content (AvgIpc) is 2.70. The van der Waals surface area contributed by atoms with Crippen molar-refractivity contribution in [2.75, 3.05) is 40.5 Å². The van der Waals surface area contributed by atoms with E-state index in [1.54, 1.807) is 19.9 Å². The molecule has 1 aromatic carbocycles. The molecule has 2 N–H and O–H groups in total. The zero-order valence-corrected chi connectivity index (χ0v) is 18.1. The van der Waals surface area contributed by atoms with Crippen LogP contribution in [0.1, 0.15) is 31.7 Å². The monoisotopic (exact) mass is 424 g/mol. The first-order valence-corrected chi connectivity index (χ1v) is 9.99. The van der Waals surface area contributed by atoms with E-state index in [1.807, 2.05) is 25.2 Å². The van der Waals surface area contributed by atoms with Gasteiger partial charge in [0.1, 0.15) is 5.54 Å². The van der Waals surface area contributed by atoms with Gasteiger partial charge in [-0.15, -0.1) is 0 Å². The van der Waals surface area contributed by atoms with Crippen LogP contribution in [-0.4, -0.2) is 58.0 Å². The molecule has 160 valence electrons. The predicted octanol–water partition coefficient (Wildman–Crippen LogP) is 2.40. The van der Waals surface area contributed by atoms with Crippen molar-refractivity contribution in [3.63, 3.8) is 0 Å². The first-order valence-electron chi connectivity index (χ1n) is 9.61. The van der Waals surface area contributed by atoms with Crippen LogP contribution in [0.3, 0.4) is 0 Å². The molecule has 8 heteroatoms. The number of likely N-dealkylation sites (N-methyl/N-ethyl adjacent to an activating group) is 1. The third kappa shape index (κ3) is 5.50. The summed E-state index contributed by atoms with van der Waals surface area (Å²) >= 11 is 6.45. The topological polar surface area (TPSA) is 85.9 Å². The Morgan fingerprint density at radius 2 is 2.07 bits per heavy atom. The summed E-state index contributed by atoms with van der Waals surface area (Å²) in [5, 5.41) is 6.70. The van der Waals surface area contributed by atoms with Crippen molar-refractivity contribution in [3.05, 3.63) is 46.1 Å². The Bertz CT molecular complexity index is 767. The molecule has 2 atom stereocenters. The molecule has 2 unspecified atom stereocenters. The fourth-order valence-electron chi connectivity index (χ4n) is 3.49. The molecule has 2 rings (SSSR count). The molecule has 1 heterocycles. The summed E-state index contributed by atoms with van der Waals surface area (Å²) in [6, 6.07) is 7.29. The highest BCUT2D eigenvalue weighted by atomic mass is 35.5. The lowest BCUT2D eigenvalue weighted by Crippen LogP contribution is -2.55. The molecule has 0 aromatic heterocycles. The van der Waals surface area contributed by atoms with Gasteiger partial charge in [0, 0.05) is 23.2 Å². The smallest absolute Gasteiger partial charge is 0.336 e. The van der Waals surface area contributed by atoms with Crippen LogP contribution in [0.4, 0.5) is 0 Å². The van der Waals surface area contributed by atoms with Crippen molar-refractivity contribution >= 4 is 23.5 Å². The summed E-state index contributed by atoms with van der Waals surface area (Å²) in [4.78, 5) is 25.5. The highest BCUT2D eigenvalue weighted by molar-refractivity contribution is 6.31. The SMILES string of the molecule is CCOC(=O)C1=C(COCCNC)NC(C)(C(=O)OC)CC1c1ccccc1Cl. The fraction of sp³-hybridized carbons (Fsp3) is 0.524. The quantitative estimate of drug-likeness (QED) is 0.465. The Morgan fingerprint density at radius 1 is 1.34 bits per heavy atom. The van der Waals surface area contributed by atoms with Crippen LogP contribution in [0.5, 0.6) is 0 Å². The molecule has 0 spiro atoms. The summed E-state index contributed by atoms with van der Waals surface area (Å²) in [6.07, 6.45) is 0.289. The summed E-state index contributed by atoms with van der Waals surface area (Å²) in [5.41, 5.74) is 0.631. The van der Waals surface area contributed by atoms with E-state index < -0.39 is 23.4 Å². The minimum absolute atomic E-state index is 0.128. The van der Waals surface area contributed by atoms with E-state index in [2.05, 4.69) is 10.6 Å². The van der Waals surface area contributed by atoms with Gasteiger partial charge in [-0.25, -0.2) is 9.59 Å². The van der Waals surface area contributed by atoms with Crippen LogP contribution in [0, 0.1) is 0 Å². The Labute approximate surface area is 176 Å². The van der Waals surface area contributed by atoms with Gasteiger partial charge < -0.3 is 24.8 Å². The van der Waals surface area contributed by atoms with Crippen LogP contribution < -0.4 is 10.6 Å². The van der Waals surface area contributed by atoms with Crippen LogP contribution in [0.25, 0.3) is 0 Å². The number of hydrogen-bond acceptors (Lipinski definition) is 7. The van der Waals surface area contributed by atoms with Gasteiger partial charge in [0.15, 0.2) is 0 Å². The molecular formula is C21H29ClN2O5. The van der Waals surface area contributed by atoms with Gasteiger partial charge in [-0.1, -0.05) is 29.8 Å². The maximum Gasteiger partial charge on any atom is 0.336 e. The number of hydrogen-bond donors (Lipinski definition) is 2. The van der Waals surface area contributed by atoms with Crippen LogP contribution >= 0.6 is 11.6 Å². The maximum absolute atomic E-state index is 12.9. The van der Waals surface area contributed by atoms with Gasteiger partial charge in [0.2, 0.25) is 0 Å². The fourth-order valence-corrected chi connectivity index (χ4v) is 3.76. The number of benzene rings is 1. The molecule has 29 heavy (non-hydrogen) atoms. The van der Waals surface area contributed by atoms with Gasteiger partial charge in [-0.05, 0) is 38.9 Å². The first-order chi connectivity index (χ1) is 13.9. The number of halogens is 1. The van der Waals surface area contributed by atoms with E-state index in [-0.39, 0.29) is 19.6 Å². The Hall–Kier alpha value is -2.09. The molecule has 1 aliphatic rings. The second-order valence-corrected chi connectivity index (χ2v) is 7.40. The molecule has 7 nitrogen and oxygen atoms in total. The number of ether oxygens (including phenoxy) is 3. The molecule has 0 aliphatic carbocycles. The van der Waals surface area contributed by atoms with E-state index in [0.29, 0.717) is 29.4 Å². The van der Waals surface area contributed by atoms with Crippen molar-refractivity contribution in [2.24, 2.45) is 0 Å². The number of rotatable bonds is 9. The van der Waals surface area contributed by atoms with E-state index >= 15 is 0 Å². The molecule has 0 saturated heterocycles. The molecule has 0 fully saturated rings. The van der Waals surface area contributed by atoms with Gasteiger partial charge in [-0.3, -0.25) is 0 Å². The third-order valence-corrected chi connectivity index (χ3v) is 5.21. The summed E-state index contributed by atoms with van der Waals surface area (Å²) in [7, 11) is 3.17. The van der Waals surface area contributed by atoms with Crippen LogP contribution in [0.15, 0.2) is 35.5 Å². The van der Waals surface area contributed by atoms with Gasteiger partial charge in [0.05, 0.1) is 32.5 Å². The second-order valence-electron chi connectivity index (χ2n) is 7.00. The third-order valence-electron chi connectivity index (χ3n) is 4.87. The van der Waals surface area contributed by atoms with E-state index in [4.69, 9.17) is 25.8 Å². The van der Waals surface area contributed by atoms with Crippen LogP contribution in [0.2, 0.25) is 5.02 Å². The highest BCUT2D eigenvalue weighted by Crippen LogP contribution is 2.42. The standard InChI is InChI=1S/C21H29ClN2O5/c1-5-29-19(25)18-15(14-8-6-7-9-16(14)22)12-21(2,20(26)27-4)24-17(18)13-28-11-10-23-3/h6-9,15,23-24H,5,10-13H2,1-4H3. The van der Waals surface area contributed by atoms with E-state index in [1.165, 1.54) is 7.11 Å². The van der Waals surface area contributed by atoms with Crippen molar-refractivity contribution < 1.29 is 23.8 Å². The largest absolute Gasteiger partial charge is 0.467 e. The number of nitrogens with one attached hydrogen (secondary N) is 2. The van der Waals surface area contributed by atoms with Crippen molar-refractivity contribution in [1.29, 1.82) is 0 Å². The molecule has 0 bridgehead atoms. The van der Waals surface area contributed by atoms with Crippen molar-refractivity contribution in [3.8, 4) is 0 Å². The van der Waals surface area contributed by atoms with Gasteiger partial charge in [-0.2, -0.15) is 0 Å². The molecule has 0 saturated carbocycles. The summed E-state index contributed by atoms with van der Waals surface area (Å²) < 4.78 is 16.1. The minimum atomic E-state index is -1.05. The van der Waals surface area contributed by atoms with Crippen molar-refractivity contribution in [2.45, 2.75) is 31.7 Å². The lowest BCUT2D eigenvalue weighted by atomic mass is 9.76. The van der Waals surface area contributed by atoms with Crippen LogP contribution in [-0.2, 0) is 23.8 Å².